The Labute approximate surface area is 98.0 Å². The van der Waals surface area contributed by atoms with Crippen molar-refractivity contribution < 1.29 is 9.47 Å². The highest BCUT2D eigenvalue weighted by Crippen LogP contribution is 2.45. The van der Waals surface area contributed by atoms with Gasteiger partial charge in [-0.25, -0.2) is 0 Å². The molecule has 0 bridgehead atoms. The molecule has 1 saturated carbocycles. The predicted molar refractivity (Wildman–Crippen MR) is 60.5 cm³/mol. The molecule has 1 aromatic rings. The highest BCUT2D eigenvalue weighted by molar-refractivity contribution is 7.16. The first-order valence-electron chi connectivity index (χ1n) is 5.62. The van der Waals surface area contributed by atoms with Crippen LogP contribution in [-0.4, -0.2) is 29.0 Å². The summed E-state index contributed by atoms with van der Waals surface area (Å²) in [5.41, 5.74) is 5.68. The molecule has 3 rings (SSSR count). The first kappa shape index (κ1) is 10.3. The van der Waals surface area contributed by atoms with E-state index in [1.54, 1.807) is 0 Å². The van der Waals surface area contributed by atoms with Gasteiger partial charge in [-0.15, -0.1) is 5.10 Å². The zero-order valence-corrected chi connectivity index (χ0v) is 9.83. The first-order valence-corrected chi connectivity index (χ1v) is 6.43. The van der Waals surface area contributed by atoms with Gasteiger partial charge in [-0.05, 0) is 37.0 Å². The number of nitrogens with zero attached hydrogens (tertiary/aromatic N) is 2. The van der Waals surface area contributed by atoms with Crippen molar-refractivity contribution in [1.29, 1.82) is 0 Å². The summed E-state index contributed by atoms with van der Waals surface area (Å²) in [5, 5.41) is 8.55. The van der Waals surface area contributed by atoms with Crippen molar-refractivity contribution in [2.24, 2.45) is 5.92 Å². The largest absolute Gasteiger partial charge is 0.469 e. The quantitative estimate of drug-likeness (QED) is 0.867. The number of aromatic nitrogens is 2. The molecule has 1 aliphatic carbocycles. The van der Waals surface area contributed by atoms with Crippen molar-refractivity contribution in [3.8, 4) is 5.19 Å². The van der Waals surface area contributed by atoms with Crippen LogP contribution in [0.4, 0.5) is 5.13 Å². The number of hydrogen-bond acceptors (Lipinski definition) is 6. The minimum Gasteiger partial charge on any atom is -0.469 e. The fourth-order valence-corrected chi connectivity index (χ4v) is 2.90. The molecule has 1 saturated heterocycles. The molecule has 1 spiro atoms. The molecule has 2 aliphatic rings. The first-order chi connectivity index (χ1) is 7.76. The maximum atomic E-state index is 5.85. The normalized spacial score (nSPS) is 26.9. The Balaban J connectivity index is 1.49. The van der Waals surface area contributed by atoms with E-state index in [1.165, 1.54) is 30.6 Å². The summed E-state index contributed by atoms with van der Waals surface area (Å²) >= 11 is 1.28. The van der Waals surface area contributed by atoms with Crippen molar-refractivity contribution in [1.82, 2.24) is 10.2 Å². The van der Waals surface area contributed by atoms with E-state index in [1.807, 2.05) is 0 Å². The van der Waals surface area contributed by atoms with Crippen LogP contribution in [0.15, 0.2) is 0 Å². The van der Waals surface area contributed by atoms with Gasteiger partial charge >= 0.3 is 0 Å². The lowest BCUT2D eigenvalue weighted by atomic mass is 9.76. The van der Waals surface area contributed by atoms with Crippen LogP contribution in [-0.2, 0) is 4.74 Å². The van der Waals surface area contributed by atoms with Crippen molar-refractivity contribution in [2.75, 3.05) is 18.9 Å². The van der Waals surface area contributed by atoms with Crippen molar-refractivity contribution in [3.63, 3.8) is 0 Å². The van der Waals surface area contributed by atoms with Gasteiger partial charge in [0.2, 0.25) is 5.13 Å². The van der Waals surface area contributed by atoms with Crippen LogP contribution in [0, 0.1) is 5.92 Å². The van der Waals surface area contributed by atoms with Gasteiger partial charge < -0.3 is 15.2 Å². The van der Waals surface area contributed by atoms with E-state index < -0.39 is 0 Å². The Kier molecular flexibility index (Phi) is 2.48. The Hall–Kier alpha value is -0.880. The van der Waals surface area contributed by atoms with Gasteiger partial charge in [0.15, 0.2) is 0 Å². The summed E-state index contributed by atoms with van der Waals surface area (Å²) in [6.07, 6.45) is 4.87. The van der Waals surface area contributed by atoms with E-state index in [-0.39, 0.29) is 5.60 Å². The average Bonchev–Trinajstić information content (AvgIpc) is 2.80. The van der Waals surface area contributed by atoms with Crippen molar-refractivity contribution in [3.05, 3.63) is 0 Å². The van der Waals surface area contributed by atoms with E-state index in [9.17, 15) is 0 Å². The minimum absolute atomic E-state index is 0.203. The molecule has 0 amide bonds. The SMILES string of the molecule is Nc1nnc(OC[C@@H]2COC3(CCC3)C2)s1. The van der Waals surface area contributed by atoms with Crippen LogP contribution in [0.1, 0.15) is 25.7 Å². The summed E-state index contributed by atoms with van der Waals surface area (Å²) in [5.74, 6) is 0.491. The maximum absolute atomic E-state index is 5.85. The van der Waals surface area contributed by atoms with Gasteiger partial charge in [0.25, 0.3) is 5.19 Å². The monoisotopic (exact) mass is 241 g/mol. The fourth-order valence-electron chi connectivity index (χ4n) is 2.43. The van der Waals surface area contributed by atoms with Gasteiger partial charge in [-0.2, -0.15) is 0 Å². The number of rotatable bonds is 3. The second-order valence-corrected chi connectivity index (χ2v) is 5.61. The topological polar surface area (TPSA) is 70.3 Å². The minimum atomic E-state index is 0.203. The molecule has 88 valence electrons. The number of anilines is 1. The molecule has 1 aliphatic heterocycles. The van der Waals surface area contributed by atoms with Gasteiger partial charge in [0.05, 0.1) is 18.8 Å². The van der Waals surface area contributed by atoms with E-state index in [0.29, 0.717) is 22.9 Å². The maximum Gasteiger partial charge on any atom is 0.295 e. The average molecular weight is 241 g/mol. The lowest BCUT2D eigenvalue weighted by Gasteiger charge is -2.37. The van der Waals surface area contributed by atoms with Crippen LogP contribution >= 0.6 is 11.3 Å². The predicted octanol–water partition coefficient (Wildman–Crippen LogP) is 1.46. The van der Waals surface area contributed by atoms with Crippen LogP contribution in [0.3, 0.4) is 0 Å². The number of hydrogen-bond donors (Lipinski definition) is 1. The lowest BCUT2D eigenvalue weighted by Crippen LogP contribution is -2.36. The van der Waals surface area contributed by atoms with E-state index in [4.69, 9.17) is 15.2 Å². The number of nitrogen functional groups attached to an aromatic ring is 1. The number of nitrogens with two attached hydrogens (primary N) is 1. The summed E-state index contributed by atoms with van der Waals surface area (Å²) in [6.45, 7) is 1.48. The van der Waals surface area contributed by atoms with Gasteiger partial charge in [-0.3, -0.25) is 0 Å². The summed E-state index contributed by atoms with van der Waals surface area (Å²) in [4.78, 5) is 0. The molecule has 2 N–H and O–H groups in total. The molecule has 0 aromatic carbocycles. The fraction of sp³-hybridized carbons (Fsp3) is 0.800. The summed E-state index contributed by atoms with van der Waals surface area (Å²) in [6, 6.07) is 0. The third-order valence-corrected chi connectivity index (χ3v) is 4.08. The summed E-state index contributed by atoms with van der Waals surface area (Å²) in [7, 11) is 0. The molecule has 2 fully saturated rings. The second-order valence-electron chi connectivity index (χ2n) is 4.63. The zero-order chi connectivity index (χ0) is 11.0. The molecule has 0 radical (unpaired) electrons. The molecule has 0 unspecified atom stereocenters. The molecule has 1 aromatic heterocycles. The van der Waals surface area contributed by atoms with E-state index in [0.717, 1.165) is 13.0 Å². The Morgan fingerprint density at radius 2 is 2.38 bits per heavy atom. The van der Waals surface area contributed by atoms with Gasteiger partial charge in [0.1, 0.15) is 0 Å². The molecule has 2 heterocycles. The summed E-state index contributed by atoms with van der Waals surface area (Å²) < 4.78 is 11.4. The van der Waals surface area contributed by atoms with Gasteiger partial charge in [0, 0.05) is 5.92 Å². The van der Waals surface area contributed by atoms with Crippen LogP contribution in [0.25, 0.3) is 0 Å². The molecule has 16 heavy (non-hydrogen) atoms. The van der Waals surface area contributed by atoms with Crippen molar-refractivity contribution >= 4 is 16.5 Å². The van der Waals surface area contributed by atoms with Crippen LogP contribution in [0.2, 0.25) is 0 Å². The van der Waals surface area contributed by atoms with E-state index in [2.05, 4.69) is 10.2 Å². The van der Waals surface area contributed by atoms with E-state index >= 15 is 0 Å². The zero-order valence-electron chi connectivity index (χ0n) is 9.02. The molecule has 1 atom stereocenters. The smallest absolute Gasteiger partial charge is 0.295 e. The Bertz CT molecular complexity index is 378. The Morgan fingerprint density at radius 3 is 2.94 bits per heavy atom. The highest BCUT2D eigenvalue weighted by atomic mass is 32.1. The van der Waals surface area contributed by atoms with Crippen molar-refractivity contribution in [2.45, 2.75) is 31.3 Å². The third-order valence-electron chi connectivity index (χ3n) is 3.42. The third kappa shape index (κ3) is 1.87. The Morgan fingerprint density at radius 1 is 1.50 bits per heavy atom. The molecule has 6 heteroatoms. The van der Waals surface area contributed by atoms with Crippen LogP contribution < -0.4 is 10.5 Å². The second kappa shape index (κ2) is 3.85. The van der Waals surface area contributed by atoms with Crippen LogP contribution in [0.5, 0.6) is 5.19 Å². The number of ether oxygens (including phenoxy) is 2. The highest BCUT2D eigenvalue weighted by Gasteiger charge is 2.45. The molecular formula is C10H15N3O2S. The molecule has 5 nitrogen and oxygen atoms in total. The van der Waals surface area contributed by atoms with Gasteiger partial charge in [-0.1, -0.05) is 5.10 Å². The lowest BCUT2D eigenvalue weighted by molar-refractivity contribution is -0.0565. The standard InChI is InChI=1S/C10H15N3O2S/c11-8-12-13-9(16-8)14-5-7-4-10(15-6-7)2-1-3-10/h7H,1-6H2,(H2,11,12)/t7-/m1/s1. The molecular weight excluding hydrogens is 226 g/mol.